The molecule has 11 nitrogen and oxygen atoms in total. The fourth-order valence-corrected chi connectivity index (χ4v) is 6.15. The van der Waals surface area contributed by atoms with Gasteiger partial charge in [0.2, 0.25) is 0 Å². The highest BCUT2D eigenvalue weighted by atomic mass is 32.2. The predicted molar refractivity (Wildman–Crippen MR) is 160 cm³/mol. The fourth-order valence-electron chi connectivity index (χ4n) is 4.65. The van der Waals surface area contributed by atoms with E-state index in [-0.39, 0.29) is 29.8 Å². The third kappa shape index (κ3) is 5.28. The van der Waals surface area contributed by atoms with Crippen molar-refractivity contribution in [3.05, 3.63) is 102 Å². The van der Waals surface area contributed by atoms with Crippen molar-refractivity contribution in [2.45, 2.75) is 11.6 Å². The van der Waals surface area contributed by atoms with Gasteiger partial charge in [-0.3, -0.25) is 9.59 Å². The molecule has 6 rings (SSSR count). The molecule has 0 radical (unpaired) electrons. The molecule has 2 unspecified atom stereocenters. The molecular weight excluding hydrogens is 559 g/mol. The Hall–Kier alpha value is -4.64. The molecule has 0 fully saturated rings. The molecular formula is C28H25N8O3PS. The number of pyridine rings is 1. The Morgan fingerprint density at radius 2 is 1.85 bits per heavy atom. The van der Waals surface area contributed by atoms with E-state index >= 15 is 0 Å². The lowest BCUT2D eigenvalue weighted by Gasteiger charge is -2.27. The number of aromatic amines is 2. The number of para-hydroxylation sites is 1. The maximum Gasteiger partial charge on any atom is 0.256 e. The van der Waals surface area contributed by atoms with E-state index in [1.165, 1.54) is 16.8 Å². The number of hydrogen-bond acceptors (Lipinski definition) is 7. The quantitative estimate of drug-likeness (QED) is 0.179. The van der Waals surface area contributed by atoms with Crippen molar-refractivity contribution in [3.63, 3.8) is 0 Å². The standard InChI is InChI=1S/C28H25N8O3PS/c29-41(39,24-13-30-16-32-24)36-14-21-25(22(37)15-36)27(33-19-4-2-1-3-5-19)26(34-21)18-10-11-31-23(12-18)35-28(38)17-6-8-20(40)9-7-17/h1-13,16,29,33-34H,14-15,40H2,(H,30,32)(H,31,35,38). The van der Waals surface area contributed by atoms with Crippen LogP contribution >= 0.6 is 9.24 Å². The number of H-pyrrole nitrogens is 2. The van der Waals surface area contributed by atoms with Crippen molar-refractivity contribution in [1.29, 1.82) is 4.78 Å². The van der Waals surface area contributed by atoms with Crippen LogP contribution in [-0.2, 0) is 16.5 Å². The first-order valence-corrected chi connectivity index (χ1v) is 14.6. The second-order valence-electron chi connectivity index (χ2n) is 9.39. The number of nitrogens with zero attached hydrogens (tertiary/aromatic N) is 3. The van der Waals surface area contributed by atoms with Gasteiger partial charge in [-0.2, -0.15) is 4.31 Å². The molecule has 5 aromatic rings. The lowest BCUT2D eigenvalue weighted by Crippen LogP contribution is -2.39. The van der Waals surface area contributed by atoms with Gasteiger partial charge in [-0.1, -0.05) is 30.3 Å². The van der Waals surface area contributed by atoms with Crippen LogP contribution in [0.3, 0.4) is 0 Å². The number of rotatable bonds is 7. The van der Waals surface area contributed by atoms with Crippen molar-refractivity contribution in [2.75, 3.05) is 17.2 Å². The molecule has 1 aliphatic rings. The summed E-state index contributed by atoms with van der Waals surface area (Å²) in [6.45, 7) is -0.131. The molecule has 1 amide bonds. The van der Waals surface area contributed by atoms with E-state index in [1.807, 2.05) is 42.5 Å². The maximum absolute atomic E-state index is 13.6. The Morgan fingerprint density at radius 3 is 2.59 bits per heavy atom. The van der Waals surface area contributed by atoms with Crippen LogP contribution in [0.4, 0.5) is 17.2 Å². The number of hydrogen-bond donors (Lipinski definition) is 5. The first-order chi connectivity index (χ1) is 19.8. The monoisotopic (exact) mass is 584 g/mol. The highest BCUT2D eigenvalue weighted by molar-refractivity contribution is 7.90. The summed E-state index contributed by atoms with van der Waals surface area (Å²) in [5.41, 5.74) is 4.03. The Labute approximate surface area is 238 Å². The molecule has 3 aromatic heterocycles. The van der Waals surface area contributed by atoms with Crippen molar-refractivity contribution in [1.82, 2.24) is 24.2 Å². The van der Waals surface area contributed by atoms with Gasteiger partial charge in [0.1, 0.15) is 10.8 Å². The molecule has 1 aliphatic heterocycles. The van der Waals surface area contributed by atoms with Crippen molar-refractivity contribution >= 4 is 53.3 Å². The number of carbonyl (C=O) groups is 2. The van der Waals surface area contributed by atoms with Crippen molar-refractivity contribution < 1.29 is 13.8 Å². The summed E-state index contributed by atoms with van der Waals surface area (Å²) in [7, 11) is -0.894. The normalized spacial score (nSPS) is 14.7. The highest BCUT2D eigenvalue weighted by Crippen LogP contribution is 2.39. The molecule has 5 N–H and O–H groups in total. The van der Waals surface area contributed by atoms with Gasteiger partial charge >= 0.3 is 0 Å². The Bertz CT molecular complexity index is 1850. The summed E-state index contributed by atoms with van der Waals surface area (Å²) in [4.78, 5) is 40.6. The molecule has 206 valence electrons. The Kier molecular flexibility index (Phi) is 6.96. The van der Waals surface area contributed by atoms with Crippen LogP contribution in [0, 0.1) is 4.78 Å². The van der Waals surface area contributed by atoms with Crippen molar-refractivity contribution in [3.8, 4) is 11.3 Å². The Morgan fingerprint density at radius 1 is 1.07 bits per heavy atom. The average molecular weight is 585 g/mol. The largest absolute Gasteiger partial charge is 0.355 e. The molecule has 4 heterocycles. The molecule has 0 aliphatic carbocycles. The summed E-state index contributed by atoms with van der Waals surface area (Å²) in [6, 6.07) is 20.0. The molecule has 2 aromatic carbocycles. The van der Waals surface area contributed by atoms with Gasteiger partial charge < -0.3 is 20.6 Å². The number of nitrogens with one attached hydrogen (secondary N) is 5. The molecule has 41 heavy (non-hydrogen) atoms. The number of amides is 1. The number of fused-ring (bicyclic) bond motifs is 1. The van der Waals surface area contributed by atoms with E-state index in [0.29, 0.717) is 39.6 Å². The summed E-state index contributed by atoms with van der Waals surface area (Å²) >= 11 is 0. The summed E-state index contributed by atoms with van der Waals surface area (Å²) in [5, 5.41) is 7.30. The van der Waals surface area contributed by atoms with E-state index in [1.54, 1.807) is 30.5 Å². The van der Waals surface area contributed by atoms with Crippen molar-refractivity contribution in [2.24, 2.45) is 0 Å². The lowest BCUT2D eigenvalue weighted by atomic mass is 10.0. The first kappa shape index (κ1) is 26.6. The van der Waals surface area contributed by atoms with Gasteiger partial charge in [0.05, 0.1) is 42.6 Å². The number of aromatic nitrogens is 4. The Balaban J connectivity index is 1.38. The summed E-state index contributed by atoms with van der Waals surface area (Å²) in [6.07, 6.45) is 4.26. The van der Waals surface area contributed by atoms with Crippen LogP contribution < -0.4 is 15.9 Å². The van der Waals surface area contributed by atoms with E-state index in [9.17, 15) is 13.8 Å². The topological polar surface area (TPSA) is 160 Å². The highest BCUT2D eigenvalue weighted by Gasteiger charge is 2.35. The van der Waals surface area contributed by atoms with E-state index in [2.05, 4.69) is 39.8 Å². The van der Waals surface area contributed by atoms with Gasteiger partial charge in [-0.15, -0.1) is 9.24 Å². The third-order valence-corrected chi connectivity index (χ3v) is 8.84. The number of benzene rings is 2. The van der Waals surface area contributed by atoms with Crippen LogP contribution in [0.15, 0.2) is 90.5 Å². The third-order valence-electron chi connectivity index (χ3n) is 6.65. The van der Waals surface area contributed by atoms with E-state index in [4.69, 9.17) is 4.78 Å². The molecule has 0 spiro atoms. The summed E-state index contributed by atoms with van der Waals surface area (Å²) in [5.74, 6) is -0.253. The minimum atomic E-state index is -3.48. The second-order valence-corrected chi connectivity index (χ2v) is 12.1. The van der Waals surface area contributed by atoms with Crippen LogP contribution in [0.2, 0.25) is 0 Å². The first-order valence-electron chi connectivity index (χ1n) is 12.6. The van der Waals surface area contributed by atoms with Gasteiger partial charge in [0.15, 0.2) is 15.7 Å². The minimum Gasteiger partial charge on any atom is -0.355 e. The fraction of sp³-hybridized carbons (Fsp3) is 0.0714. The minimum absolute atomic E-state index is 0.0757. The number of carbonyl (C=O) groups excluding carboxylic acids is 2. The molecule has 0 bridgehead atoms. The summed E-state index contributed by atoms with van der Waals surface area (Å²) < 4.78 is 23.3. The lowest BCUT2D eigenvalue weighted by molar-refractivity contribution is 0.0951. The molecule has 0 saturated heterocycles. The van der Waals surface area contributed by atoms with Crippen LogP contribution in [0.5, 0.6) is 0 Å². The molecule has 2 atom stereocenters. The zero-order chi connectivity index (χ0) is 28.6. The smallest absolute Gasteiger partial charge is 0.256 e. The van der Waals surface area contributed by atoms with E-state index < -0.39 is 9.92 Å². The molecule has 13 heteroatoms. The van der Waals surface area contributed by atoms with Gasteiger partial charge in [-0.25, -0.2) is 19.0 Å². The second kappa shape index (κ2) is 10.7. The number of anilines is 3. The zero-order valence-electron chi connectivity index (χ0n) is 21.5. The molecule has 0 saturated carbocycles. The number of imidazole rings is 1. The number of Topliss-reactive ketones (excluding diaryl/α,β-unsaturated/α-hetero) is 1. The van der Waals surface area contributed by atoms with Crippen LogP contribution in [-0.4, -0.2) is 46.7 Å². The number of ketones is 1. The van der Waals surface area contributed by atoms with Crippen LogP contribution in [0.25, 0.3) is 11.3 Å². The maximum atomic E-state index is 13.6. The van der Waals surface area contributed by atoms with Gasteiger partial charge in [0.25, 0.3) is 5.91 Å². The SMILES string of the molecule is N=S(=O)(c1cnc[nH]1)N1CC(=O)c2c([nH]c(-c3ccnc(NC(=O)c4ccc(P)cc4)c3)c2Nc2ccccc2)C1. The zero-order valence-corrected chi connectivity index (χ0v) is 23.5. The average Bonchev–Trinajstić information content (AvgIpc) is 3.64. The predicted octanol–water partition coefficient (Wildman–Crippen LogP) is 4.32. The van der Waals surface area contributed by atoms with Gasteiger partial charge in [0, 0.05) is 28.7 Å². The van der Waals surface area contributed by atoms with Gasteiger partial charge in [-0.05, 0) is 41.7 Å². The van der Waals surface area contributed by atoms with Crippen LogP contribution in [0.1, 0.15) is 26.4 Å². The van der Waals surface area contributed by atoms with E-state index in [0.717, 1.165) is 11.0 Å².